The molecule has 0 fully saturated rings. The Morgan fingerprint density at radius 1 is 1.32 bits per heavy atom. The summed E-state index contributed by atoms with van der Waals surface area (Å²) in [7, 11) is 0. The fourth-order valence-electron chi connectivity index (χ4n) is 1.46. The monoisotopic (exact) mass is 283 g/mol. The van der Waals surface area contributed by atoms with E-state index < -0.39 is 5.60 Å². The lowest BCUT2D eigenvalue weighted by atomic mass is 10.1. The fourth-order valence-corrected chi connectivity index (χ4v) is 1.59. The van der Waals surface area contributed by atoms with Crippen LogP contribution in [-0.4, -0.2) is 28.9 Å². The van der Waals surface area contributed by atoms with Crippen LogP contribution in [0, 0.1) is 0 Å². The molecule has 1 aromatic rings. The van der Waals surface area contributed by atoms with E-state index in [2.05, 4.69) is 0 Å². The minimum Gasteiger partial charge on any atom is -0.490 e. The Kier molecular flexibility index (Phi) is 5.57. The number of hydrogen-bond acceptors (Lipinski definition) is 4. The van der Waals surface area contributed by atoms with Crippen LogP contribution >= 0.6 is 12.2 Å². The predicted molar refractivity (Wildman–Crippen MR) is 79.9 cm³/mol. The molecule has 0 spiro atoms. The van der Waals surface area contributed by atoms with Gasteiger partial charge in [0.05, 0.1) is 18.8 Å². The van der Waals surface area contributed by atoms with E-state index in [9.17, 15) is 5.11 Å². The summed E-state index contributed by atoms with van der Waals surface area (Å²) in [5.41, 5.74) is 5.59. The van der Waals surface area contributed by atoms with Gasteiger partial charge in [0.2, 0.25) is 0 Å². The van der Waals surface area contributed by atoms with E-state index in [1.807, 2.05) is 6.92 Å². The van der Waals surface area contributed by atoms with Crippen LogP contribution in [0.15, 0.2) is 18.2 Å². The number of thiocarbonyl (C=S) groups is 1. The Bertz CT molecular complexity index is 441. The van der Waals surface area contributed by atoms with Crippen LogP contribution in [0.25, 0.3) is 0 Å². The molecule has 1 aromatic carbocycles. The van der Waals surface area contributed by atoms with Crippen molar-refractivity contribution in [3.8, 4) is 11.5 Å². The van der Waals surface area contributed by atoms with Crippen LogP contribution in [0.4, 0.5) is 0 Å². The number of hydrogen-bond donors (Lipinski definition) is 2. The highest BCUT2D eigenvalue weighted by molar-refractivity contribution is 7.80. The van der Waals surface area contributed by atoms with Crippen molar-refractivity contribution in [3.05, 3.63) is 23.8 Å². The van der Waals surface area contributed by atoms with Crippen molar-refractivity contribution in [1.29, 1.82) is 0 Å². The van der Waals surface area contributed by atoms with Crippen molar-refractivity contribution in [2.24, 2.45) is 5.73 Å². The van der Waals surface area contributed by atoms with Crippen LogP contribution < -0.4 is 15.2 Å². The molecule has 19 heavy (non-hydrogen) atoms. The maximum Gasteiger partial charge on any atom is 0.161 e. The van der Waals surface area contributed by atoms with Gasteiger partial charge in [-0.25, -0.2) is 0 Å². The van der Waals surface area contributed by atoms with Crippen molar-refractivity contribution in [3.63, 3.8) is 0 Å². The molecule has 0 saturated heterocycles. The Hall–Kier alpha value is -1.33. The maximum atomic E-state index is 9.64. The van der Waals surface area contributed by atoms with Gasteiger partial charge in [-0.15, -0.1) is 0 Å². The summed E-state index contributed by atoms with van der Waals surface area (Å²) in [6.45, 7) is 6.33. The smallest absolute Gasteiger partial charge is 0.161 e. The lowest BCUT2D eigenvalue weighted by Gasteiger charge is -2.18. The molecule has 0 heterocycles. The zero-order valence-corrected chi connectivity index (χ0v) is 12.4. The highest BCUT2D eigenvalue weighted by Crippen LogP contribution is 2.29. The Morgan fingerprint density at radius 3 is 2.53 bits per heavy atom. The van der Waals surface area contributed by atoms with Crippen LogP contribution in [0.3, 0.4) is 0 Å². The van der Waals surface area contributed by atoms with E-state index in [1.54, 1.807) is 32.0 Å². The summed E-state index contributed by atoms with van der Waals surface area (Å²) in [6.07, 6.45) is 0.537. The first-order chi connectivity index (χ1) is 8.83. The summed E-state index contributed by atoms with van der Waals surface area (Å²) in [5.74, 6) is 1.25. The molecular formula is C14H21NO3S. The Balaban J connectivity index is 2.79. The van der Waals surface area contributed by atoms with Gasteiger partial charge in [0.15, 0.2) is 11.5 Å². The van der Waals surface area contributed by atoms with Crippen molar-refractivity contribution in [2.45, 2.75) is 32.8 Å². The van der Waals surface area contributed by atoms with Gasteiger partial charge in [-0.3, -0.25) is 0 Å². The maximum absolute atomic E-state index is 9.64. The van der Waals surface area contributed by atoms with E-state index in [-0.39, 0.29) is 0 Å². The van der Waals surface area contributed by atoms with Gasteiger partial charge in [0, 0.05) is 12.0 Å². The summed E-state index contributed by atoms with van der Waals surface area (Å²) < 4.78 is 11.1. The van der Waals surface area contributed by atoms with E-state index in [0.29, 0.717) is 36.1 Å². The molecule has 0 atom stereocenters. The molecule has 0 amide bonds. The highest BCUT2D eigenvalue weighted by Gasteiger charge is 2.14. The lowest BCUT2D eigenvalue weighted by Crippen LogP contribution is -2.22. The third-order valence-corrected chi connectivity index (χ3v) is 2.74. The topological polar surface area (TPSA) is 64.7 Å². The van der Waals surface area contributed by atoms with Gasteiger partial charge < -0.3 is 20.3 Å². The zero-order chi connectivity index (χ0) is 14.5. The molecular weight excluding hydrogens is 262 g/mol. The van der Waals surface area contributed by atoms with E-state index in [4.69, 9.17) is 27.4 Å². The number of ether oxygens (including phenoxy) is 2. The molecule has 0 aliphatic rings. The number of rotatable bonds is 7. The average Bonchev–Trinajstić information content (AvgIpc) is 2.29. The normalized spacial score (nSPS) is 11.2. The molecule has 0 aliphatic carbocycles. The molecule has 0 aliphatic heterocycles. The summed E-state index contributed by atoms with van der Waals surface area (Å²) in [5, 5.41) is 9.64. The SMILES string of the molecule is CCOc1cc(C(N)=S)ccc1OCCC(C)(C)O. The lowest BCUT2D eigenvalue weighted by molar-refractivity contribution is 0.0548. The van der Waals surface area contributed by atoms with E-state index in [1.165, 1.54) is 0 Å². The molecule has 0 unspecified atom stereocenters. The molecule has 1 rings (SSSR count). The van der Waals surface area contributed by atoms with Gasteiger partial charge in [-0.05, 0) is 39.0 Å². The minimum absolute atomic E-state index is 0.323. The van der Waals surface area contributed by atoms with E-state index in [0.717, 1.165) is 5.56 Å². The van der Waals surface area contributed by atoms with Gasteiger partial charge in [0.25, 0.3) is 0 Å². The first-order valence-electron chi connectivity index (χ1n) is 6.25. The van der Waals surface area contributed by atoms with Crippen LogP contribution in [0.2, 0.25) is 0 Å². The predicted octanol–water partition coefficient (Wildman–Crippen LogP) is 2.26. The van der Waals surface area contributed by atoms with Crippen molar-refractivity contribution in [2.75, 3.05) is 13.2 Å². The number of aliphatic hydroxyl groups is 1. The first kappa shape index (κ1) is 15.7. The Morgan fingerprint density at radius 2 is 2.00 bits per heavy atom. The molecule has 0 bridgehead atoms. The van der Waals surface area contributed by atoms with Crippen LogP contribution in [0.1, 0.15) is 32.8 Å². The quantitative estimate of drug-likeness (QED) is 0.751. The summed E-state index contributed by atoms with van der Waals surface area (Å²) in [6, 6.07) is 5.35. The molecule has 106 valence electrons. The van der Waals surface area contributed by atoms with Crippen LogP contribution in [0.5, 0.6) is 11.5 Å². The first-order valence-corrected chi connectivity index (χ1v) is 6.66. The largest absolute Gasteiger partial charge is 0.490 e. The van der Waals surface area contributed by atoms with Gasteiger partial charge in [-0.1, -0.05) is 12.2 Å². The van der Waals surface area contributed by atoms with Gasteiger partial charge >= 0.3 is 0 Å². The van der Waals surface area contributed by atoms with Crippen molar-refractivity contribution < 1.29 is 14.6 Å². The Labute approximate surface area is 119 Å². The number of nitrogens with two attached hydrogens (primary N) is 1. The molecule has 5 heteroatoms. The molecule has 4 nitrogen and oxygen atoms in total. The second-order valence-electron chi connectivity index (χ2n) is 4.87. The van der Waals surface area contributed by atoms with E-state index >= 15 is 0 Å². The van der Waals surface area contributed by atoms with Crippen molar-refractivity contribution >= 4 is 17.2 Å². The zero-order valence-electron chi connectivity index (χ0n) is 11.6. The summed E-state index contributed by atoms with van der Waals surface area (Å²) >= 11 is 4.93. The van der Waals surface area contributed by atoms with Crippen molar-refractivity contribution in [1.82, 2.24) is 0 Å². The molecule has 0 saturated carbocycles. The van der Waals surface area contributed by atoms with Gasteiger partial charge in [-0.2, -0.15) is 0 Å². The third kappa shape index (κ3) is 5.44. The second kappa shape index (κ2) is 6.73. The summed E-state index contributed by atoms with van der Waals surface area (Å²) in [4.78, 5) is 0.323. The average molecular weight is 283 g/mol. The standard InChI is InChI=1S/C14H21NO3S/c1-4-17-12-9-10(13(15)19)5-6-11(12)18-8-7-14(2,3)16/h5-6,9,16H,4,7-8H2,1-3H3,(H2,15,19). The highest BCUT2D eigenvalue weighted by atomic mass is 32.1. The molecule has 0 radical (unpaired) electrons. The van der Waals surface area contributed by atoms with Crippen LogP contribution in [-0.2, 0) is 0 Å². The molecule has 0 aromatic heterocycles. The molecule has 3 N–H and O–H groups in total. The minimum atomic E-state index is -0.745. The van der Waals surface area contributed by atoms with Gasteiger partial charge in [0.1, 0.15) is 4.99 Å². The number of benzene rings is 1. The third-order valence-electron chi connectivity index (χ3n) is 2.50. The fraction of sp³-hybridized carbons (Fsp3) is 0.500. The second-order valence-corrected chi connectivity index (χ2v) is 5.31.